The van der Waals surface area contributed by atoms with Crippen LogP contribution < -0.4 is 0 Å². The Morgan fingerprint density at radius 3 is 2.88 bits per heavy atom. The van der Waals surface area contributed by atoms with Gasteiger partial charge in [0.05, 0.1) is 12.3 Å². The number of furan rings is 1. The van der Waals surface area contributed by atoms with Crippen molar-refractivity contribution >= 4 is 5.91 Å². The Bertz CT molecular complexity index is 886. The second kappa shape index (κ2) is 6.55. The van der Waals surface area contributed by atoms with Gasteiger partial charge in [-0.05, 0) is 60.7 Å². The number of carbonyl (C=O) groups is 1. The van der Waals surface area contributed by atoms with Crippen LogP contribution in [0.5, 0.6) is 0 Å². The quantitative estimate of drug-likeness (QED) is 0.708. The molecule has 1 aliphatic rings. The molecule has 0 bridgehead atoms. The van der Waals surface area contributed by atoms with Gasteiger partial charge in [0.1, 0.15) is 0 Å². The maximum absolute atomic E-state index is 13.1. The van der Waals surface area contributed by atoms with Crippen molar-refractivity contribution in [3.63, 3.8) is 0 Å². The van der Waals surface area contributed by atoms with Crippen molar-refractivity contribution in [3.05, 3.63) is 89.1 Å². The topological polar surface area (TPSA) is 46.3 Å². The maximum Gasteiger partial charge on any atom is 0.290 e. The first-order valence-corrected chi connectivity index (χ1v) is 8.59. The first-order valence-electron chi connectivity index (χ1n) is 8.59. The highest BCUT2D eigenvalue weighted by atomic mass is 16.3. The lowest BCUT2D eigenvalue weighted by molar-refractivity contribution is 0.0677. The molecule has 2 aromatic heterocycles. The summed E-state index contributed by atoms with van der Waals surface area (Å²) in [4.78, 5) is 19.4. The third-order valence-corrected chi connectivity index (χ3v) is 4.74. The van der Waals surface area contributed by atoms with E-state index in [4.69, 9.17) is 4.42 Å². The fourth-order valence-corrected chi connectivity index (χ4v) is 3.62. The van der Waals surface area contributed by atoms with Gasteiger partial charge in [-0.25, -0.2) is 0 Å². The summed E-state index contributed by atoms with van der Waals surface area (Å²) >= 11 is 0. The van der Waals surface area contributed by atoms with E-state index in [0.717, 1.165) is 24.1 Å². The molecule has 1 aromatic carbocycles. The molecule has 0 radical (unpaired) electrons. The Balaban J connectivity index is 1.85. The number of benzene rings is 1. The van der Waals surface area contributed by atoms with Gasteiger partial charge in [-0.1, -0.05) is 24.3 Å². The molecule has 1 aliphatic heterocycles. The zero-order valence-corrected chi connectivity index (χ0v) is 14.2. The van der Waals surface area contributed by atoms with E-state index in [2.05, 4.69) is 29.2 Å². The van der Waals surface area contributed by atoms with Gasteiger partial charge >= 0.3 is 0 Å². The smallest absolute Gasteiger partial charge is 0.290 e. The molecular formula is C21H20N2O2. The highest BCUT2D eigenvalue weighted by Crippen LogP contribution is 2.35. The second-order valence-corrected chi connectivity index (χ2v) is 6.41. The number of carbonyl (C=O) groups excluding carboxylic acids is 1. The molecule has 0 saturated heterocycles. The van der Waals surface area contributed by atoms with Gasteiger partial charge in [-0.3, -0.25) is 9.78 Å². The number of rotatable bonds is 2. The van der Waals surface area contributed by atoms with E-state index >= 15 is 0 Å². The van der Waals surface area contributed by atoms with Crippen LogP contribution in [0.2, 0.25) is 0 Å². The van der Waals surface area contributed by atoms with Crippen molar-refractivity contribution in [1.29, 1.82) is 0 Å². The molecule has 0 spiro atoms. The zero-order chi connectivity index (χ0) is 17.2. The van der Waals surface area contributed by atoms with Crippen LogP contribution in [0.25, 0.3) is 0 Å². The Morgan fingerprint density at radius 1 is 1.20 bits per heavy atom. The fraction of sp³-hybridized carbons (Fsp3) is 0.238. The summed E-state index contributed by atoms with van der Waals surface area (Å²) in [5.74, 6) is 0.316. The van der Waals surface area contributed by atoms with Gasteiger partial charge in [0.15, 0.2) is 5.76 Å². The van der Waals surface area contributed by atoms with Crippen LogP contribution in [0, 0.1) is 6.92 Å². The third kappa shape index (κ3) is 2.95. The summed E-state index contributed by atoms with van der Waals surface area (Å²) in [5.41, 5.74) is 4.52. The molecule has 25 heavy (non-hydrogen) atoms. The Labute approximate surface area is 147 Å². The number of amides is 1. The average molecular weight is 332 g/mol. The van der Waals surface area contributed by atoms with Crippen molar-refractivity contribution in [1.82, 2.24) is 9.88 Å². The number of hydrogen-bond donors (Lipinski definition) is 0. The molecular weight excluding hydrogens is 312 g/mol. The summed E-state index contributed by atoms with van der Waals surface area (Å²) in [7, 11) is 0. The standard InChI is InChI=1S/C21H20N2O2/c1-15-14-17(10-11-22-15)20-18-8-3-2-6-16(18)7-4-12-23(20)21(24)19-9-5-13-25-19/h2-3,5-6,8-11,13-14,20H,4,7,12H2,1H3. The van der Waals surface area contributed by atoms with Gasteiger partial charge in [0.2, 0.25) is 0 Å². The monoisotopic (exact) mass is 332 g/mol. The highest BCUT2D eigenvalue weighted by Gasteiger charge is 2.32. The van der Waals surface area contributed by atoms with Gasteiger partial charge in [-0.15, -0.1) is 0 Å². The Hall–Kier alpha value is -2.88. The predicted octanol–water partition coefficient (Wildman–Crippen LogP) is 4.16. The highest BCUT2D eigenvalue weighted by molar-refractivity contribution is 5.92. The van der Waals surface area contributed by atoms with Crippen molar-refractivity contribution in [2.75, 3.05) is 6.54 Å². The van der Waals surface area contributed by atoms with Gasteiger partial charge in [0.25, 0.3) is 5.91 Å². The molecule has 0 N–H and O–H groups in total. The first kappa shape index (κ1) is 15.6. The molecule has 1 atom stereocenters. The molecule has 4 nitrogen and oxygen atoms in total. The minimum Gasteiger partial charge on any atom is -0.459 e. The SMILES string of the molecule is Cc1cc(C2c3ccccc3CCCN2C(=O)c2ccco2)ccn1. The third-order valence-electron chi connectivity index (χ3n) is 4.74. The van der Waals surface area contributed by atoms with E-state index in [1.165, 1.54) is 11.1 Å². The van der Waals surface area contributed by atoms with Crippen molar-refractivity contribution in [3.8, 4) is 0 Å². The summed E-state index contributed by atoms with van der Waals surface area (Å²) < 4.78 is 5.38. The zero-order valence-electron chi connectivity index (χ0n) is 14.2. The summed E-state index contributed by atoms with van der Waals surface area (Å²) in [6.07, 6.45) is 5.26. The number of aromatic nitrogens is 1. The molecule has 3 aromatic rings. The second-order valence-electron chi connectivity index (χ2n) is 6.41. The Morgan fingerprint density at radius 2 is 2.08 bits per heavy atom. The molecule has 0 saturated carbocycles. The van der Waals surface area contributed by atoms with Crippen LogP contribution in [-0.4, -0.2) is 22.3 Å². The maximum atomic E-state index is 13.1. The van der Waals surface area contributed by atoms with E-state index in [1.54, 1.807) is 18.4 Å². The van der Waals surface area contributed by atoms with E-state index < -0.39 is 0 Å². The molecule has 3 heterocycles. The number of hydrogen-bond acceptors (Lipinski definition) is 3. The minimum absolute atomic E-state index is 0.0684. The van der Waals surface area contributed by atoms with Crippen LogP contribution in [-0.2, 0) is 6.42 Å². The van der Waals surface area contributed by atoms with E-state index in [-0.39, 0.29) is 11.9 Å². The lowest BCUT2D eigenvalue weighted by atomic mass is 9.93. The lowest BCUT2D eigenvalue weighted by Crippen LogP contribution is -2.35. The van der Waals surface area contributed by atoms with Crippen molar-refractivity contribution < 1.29 is 9.21 Å². The van der Waals surface area contributed by atoms with Crippen molar-refractivity contribution in [2.24, 2.45) is 0 Å². The normalized spacial score (nSPS) is 17.0. The molecule has 1 amide bonds. The lowest BCUT2D eigenvalue weighted by Gasteiger charge is -2.31. The number of nitrogens with zero attached hydrogens (tertiary/aromatic N) is 2. The first-order chi connectivity index (χ1) is 12.2. The minimum atomic E-state index is -0.127. The van der Waals surface area contributed by atoms with E-state index in [9.17, 15) is 4.79 Å². The average Bonchev–Trinajstić information content (AvgIpc) is 3.09. The predicted molar refractivity (Wildman–Crippen MR) is 95.3 cm³/mol. The van der Waals surface area contributed by atoms with Crippen LogP contribution in [0.1, 0.15) is 45.4 Å². The Kier molecular flexibility index (Phi) is 4.10. The van der Waals surface area contributed by atoms with Crippen LogP contribution in [0.15, 0.2) is 65.4 Å². The summed E-state index contributed by atoms with van der Waals surface area (Å²) in [5, 5.41) is 0. The number of aryl methyl sites for hydroxylation is 2. The van der Waals surface area contributed by atoms with Gasteiger partial charge < -0.3 is 9.32 Å². The number of fused-ring (bicyclic) bond motifs is 1. The van der Waals surface area contributed by atoms with Gasteiger partial charge in [0, 0.05) is 18.4 Å². The van der Waals surface area contributed by atoms with E-state index in [0.29, 0.717) is 12.3 Å². The van der Waals surface area contributed by atoms with E-state index in [1.807, 2.05) is 30.2 Å². The molecule has 4 rings (SSSR count). The molecule has 0 aliphatic carbocycles. The van der Waals surface area contributed by atoms with Crippen LogP contribution >= 0.6 is 0 Å². The fourth-order valence-electron chi connectivity index (χ4n) is 3.62. The van der Waals surface area contributed by atoms with Crippen molar-refractivity contribution in [2.45, 2.75) is 25.8 Å². The van der Waals surface area contributed by atoms with Crippen LogP contribution in [0.3, 0.4) is 0 Å². The molecule has 0 fully saturated rings. The largest absolute Gasteiger partial charge is 0.459 e. The summed E-state index contributed by atoms with van der Waals surface area (Å²) in [6.45, 7) is 2.67. The van der Waals surface area contributed by atoms with Gasteiger partial charge in [-0.2, -0.15) is 0 Å². The molecule has 126 valence electrons. The molecule has 4 heteroatoms. The molecule has 1 unspecified atom stereocenters. The number of pyridine rings is 1. The van der Waals surface area contributed by atoms with Crippen LogP contribution in [0.4, 0.5) is 0 Å². The summed E-state index contributed by atoms with van der Waals surface area (Å²) in [6, 6.07) is 15.8.